The van der Waals surface area contributed by atoms with Crippen LogP contribution in [0.25, 0.3) is 0 Å². The van der Waals surface area contributed by atoms with E-state index in [1.165, 1.54) is 0 Å². The molecule has 3 rings (SSSR count). The Morgan fingerprint density at radius 2 is 2.21 bits per heavy atom. The van der Waals surface area contributed by atoms with E-state index in [9.17, 15) is 10.1 Å². The minimum atomic E-state index is -0.484. The number of carbonyl (C=O) groups is 1. The van der Waals surface area contributed by atoms with Gasteiger partial charge in [0.25, 0.3) is 0 Å². The quantitative estimate of drug-likeness (QED) is 0.901. The molecule has 6 nitrogen and oxygen atoms in total. The minimum absolute atomic E-state index is 0.0233. The van der Waals surface area contributed by atoms with Crippen LogP contribution in [0.15, 0.2) is 29.0 Å². The van der Waals surface area contributed by atoms with E-state index in [0.717, 1.165) is 17.8 Å². The summed E-state index contributed by atoms with van der Waals surface area (Å²) in [5.41, 5.74) is 8.48. The fraction of sp³-hybridized carbons (Fsp3) is 0.500. The van der Waals surface area contributed by atoms with Gasteiger partial charge in [-0.3, -0.25) is 9.48 Å². The SMILES string of the molecule is CCn1ncc([C@@H]2C(C#N)=C(N)OC3=C2C(=O)CC(C)(C)C3)c1C. The molecule has 0 aromatic carbocycles. The van der Waals surface area contributed by atoms with Crippen LogP contribution in [-0.4, -0.2) is 15.6 Å². The summed E-state index contributed by atoms with van der Waals surface area (Å²) in [7, 11) is 0. The molecule has 0 unspecified atom stereocenters. The summed E-state index contributed by atoms with van der Waals surface area (Å²) in [4.78, 5) is 12.8. The lowest BCUT2D eigenvalue weighted by Gasteiger charge is -2.37. The summed E-state index contributed by atoms with van der Waals surface area (Å²) in [6.07, 6.45) is 2.80. The van der Waals surface area contributed by atoms with Crippen molar-refractivity contribution >= 4 is 5.78 Å². The summed E-state index contributed by atoms with van der Waals surface area (Å²) in [6.45, 7) is 8.75. The van der Waals surface area contributed by atoms with E-state index in [1.54, 1.807) is 6.20 Å². The Morgan fingerprint density at radius 3 is 2.79 bits per heavy atom. The van der Waals surface area contributed by atoms with Gasteiger partial charge in [0.2, 0.25) is 5.88 Å². The number of nitrogens with zero attached hydrogens (tertiary/aromatic N) is 3. The molecule has 24 heavy (non-hydrogen) atoms. The number of Topliss-reactive ketones (excluding diaryl/α,β-unsaturated/α-hetero) is 1. The highest BCUT2D eigenvalue weighted by molar-refractivity contribution is 6.00. The van der Waals surface area contributed by atoms with Gasteiger partial charge in [-0.2, -0.15) is 10.4 Å². The summed E-state index contributed by atoms with van der Waals surface area (Å²) in [5.74, 6) is 0.231. The third kappa shape index (κ3) is 2.41. The molecule has 0 spiro atoms. The maximum Gasteiger partial charge on any atom is 0.205 e. The normalized spacial score (nSPS) is 23.0. The smallest absolute Gasteiger partial charge is 0.205 e. The molecule has 2 heterocycles. The van der Waals surface area contributed by atoms with E-state index in [-0.39, 0.29) is 17.1 Å². The molecule has 1 aromatic rings. The average Bonchev–Trinajstić information content (AvgIpc) is 2.85. The van der Waals surface area contributed by atoms with Crippen LogP contribution in [0.3, 0.4) is 0 Å². The van der Waals surface area contributed by atoms with Crippen LogP contribution in [0.5, 0.6) is 0 Å². The van der Waals surface area contributed by atoms with E-state index >= 15 is 0 Å². The lowest BCUT2D eigenvalue weighted by atomic mass is 9.70. The van der Waals surface area contributed by atoms with E-state index < -0.39 is 5.92 Å². The first-order chi connectivity index (χ1) is 11.3. The molecule has 1 aliphatic carbocycles. The van der Waals surface area contributed by atoms with Gasteiger partial charge in [0, 0.05) is 36.2 Å². The summed E-state index contributed by atoms with van der Waals surface area (Å²) in [6, 6.07) is 2.14. The highest BCUT2D eigenvalue weighted by atomic mass is 16.5. The Kier molecular flexibility index (Phi) is 3.75. The van der Waals surface area contributed by atoms with Crippen molar-refractivity contribution < 1.29 is 9.53 Å². The number of allylic oxidation sites excluding steroid dienone is 3. The highest BCUT2D eigenvalue weighted by Gasteiger charge is 2.43. The zero-order chi connectivity index (χ0) is 17.6. The zero-order valence-corrected chi connectivity index (χ0v) is 14.5. The molecule has 2 aliphatic rings. The summed E-state index contributed by atoms with van der Waals surface area (Å²) in [5, 5.41) is 14.0. The van der Waals surface area contributed by atoms with Crippen molar-refractivity contribution in [1.29, 1.82) is 5.26 Å². The molecule has 1 atom stereocenters. The number of ether oxygens (including phenoxy) is 1. The molecule has 0 saturated heterocycles. The first kappa shape index (κ1) is 16.3. The van der Waals surface area contributed by atoms with Gasteiger partial charge >= 0.3 is 0 Å². The number of aromatic nitrogens is 2. The van der Waals surface area contributed by atoms with Crippen molar-refractivity contribution in [2.75, 3.05) is 0 Å². The molecule has 126 valence electrons. The van der Waals surface area contributed by atoms with Gasteiger partial charge in [0.1, 0.15) is 17.4 Å². The molecular weight excluding hydrogens is 304 g/mol. The fourth-order valence-corrected chi connectivity index (χ4v) is 3.66. The van der Waals surface area contributed by atoms with Gasteiger partial charge in [-0.05, 0) is 19.3 Å². The van der Waals surface area contributed by atoms with Gasteiger partial charge in [-0.25, -0.2) is 0 Å². The number of nitrogens with two attached hydrogens (primary N) is 1. The molecule has 0 radical (unpaired) electrons. The summed E-state index contributed by atoms with van der Waals surface area (Å²) < 4.78 is 7.55. The molecule has 1 aromatic heterocycles. The van der Waals surface area contributed by atoms with Gasteiger partial charge in [-0.15, -0.1) is 0 Å². The van der Waals surface area contributed by atoms with Crippen molar-refractivity contribution in [1.82, 2.24) is 9.78 Å². The Bertz CT molecular complexity index is 821. The lowest BCUT2D eigenvalue weighted by molar-refractivity contribution is -0.119. The molecule has 0 fully saturated rings. The average molecular weight is 326 g/mol. The number of carbonyl (C=O) groups excluding carboxylic acids is 1. The van der Waals surface area contributed by atoms with Gasteiger partial charge in [0.15, 0.2) is 5.78 Å². The van der Waals surface area contributed by atoms with E-state index in [4.69, 9.17) is 10.5 Å². The van der Waals surface area contributed by atoms with Crippen molar-refractivity contribution in [2.24, 2.45) is 11.1 Å². The van der Waals surface area contributed by atoms with Crippen LogP contribution < -0.4 is 5.73 Å². The molecule has 2 N–H and O–H groups in total. The number of rotatable bonds is 2. The van der Waals surface area contributed by atoms with Crippen LogP contribution in [0, 0.1) is 23.7 Å². The van der Waals surface area contributed by atoms with Gasteiger partial charge < -0.3 is 10.5 Å². The maximum absolute atomic E-state index is 12.8. The zero-order valence-electron chi connectivity index (χ0n) is 14.5. The molecule has 0 saturated carbocycles. The predicted octanol–water partition coefficient (Wildman–Crippen LogP) is 2.66. The first-order valence-electron chi connectivity index (χ1n) is 8.15. The Morgan fingerprint density at radius 1 is 1.50 bits per heavy atom. The van der Waals surface area contributed by atoms with Crippen molar-refractivity contribution in [2.45, 2.75) is 53.0 Å². The predicted molar refractivity (Wildman–Crippen MR) is 88.3 cm³/mol. The highest BCUT2D eigenvalue weighted by Crippen LogP contribution is 2.48. The number of hydrogen-bond donors (Lipinski definition) is 1. The van der Waals surface area contributed by atoms with E-state index in [0.29, 0.717) is 29.7 Å². The Hall–Kier alpha value is -2.55. The molecule has 0 bridgehead atoms. The number of nitriles is 1. The lowest BCUT2D eigenvalue weighted by Crippen LogP contribution is -2.33. The Labute approximate surface area is 141 Å². The Balaban J connectivity index is 2.20. The van der Waals surface area contributed by atoms with Gasteiger partial charge in [-0.1, -0.05) is 13.8 Å². The second-order valence-corrected chi connectivity index (χ2v) is 7.20. The van der Waals surface area contributed by atoms with Crippen LogP contribution in [0.4, 0.5) is 0 Å². The number of aryl methyl sites for hydroxylation is 1. The second kappa shape index (κ2) is 5.52. The largest absolute Gasteiger partial charge is 0.444 e. The third-order valence-corrected chi connectivity index (χ3v) is 4.83. The molecule has 1 aliphatic heterocycles. The van der Waals surface area contributed by atoms with E-state index in [2.05, 4.69) is 11.2 Å². The maximum atomic E-state index is 12.8. The number of ketones is 1. The van der Waals surface area contributed by atoms with Crippen LogP contribution in [-0.2, 0) is 16.1 Å². The second-order valence-electron chi connectivity index (χ2n) is 7.20. The van der Waals surface area contributed by atoms with Crippen molar-refractivity contribution in [3.05, 3.63) is 40.2 Å². The fourth-order valence-electron chi connectivity index (χ4n) is 3.66. The molecular formula is C18H22N4O2. The minimum Gasteiger partial charge on any atom is -0.444 e. The third-order valence-electron chi connectivity index (χ3n) is 4.83. The topological polar surface area (TPSA) is 93.9 Å². The molecule has 6 heteroatoms. The van der Waals surface area contributed by atoms with Crippen LogP contribution >= 0.6 is 0 Å². The number of hydrogen-bond acceptors (Lipinski definition) is 5. The monoisotopic (exact) mass is 326 g/mol. The molecule has 0 amide bonds. The standard InChI is InChI=1S/C18H22N4O2/c1-5-22-10(2)12(9-21-22)15-11(8-19)17(20)24-14-7-18(3,4)6-13(23)16(14)15/h9,15H,5-7,20H2,1-4H3/t15-/m0/s1. The first-order valence-corrected chi connectivity index (χ1v) is 8.15. The van der Waals surface area contributed by atoms with Crippen LogP contribution in [0.1, 0.15) is 50.8 Å². The van der Waals surface area contributed by atoms with Crippen molar-refractivity contribution in [3.8, 4) is 6.07 Å². The van der Waals surface area contributed by atoms with E-state index in [1.807, 2.05) is 32.4 Å². The summed E-state index contributed by atoms with van der Waals surface area (Å²) >= 11 is 0. The van der Waals surface area contributed by atoms with Crippen molar-refractivity contribution in [3.63, 3.8) is 0 Å². The van der Waals surface area contributed by atoms with Gasteiger partial charge in [0.05, 0.1) is 12.1 Å². The van der Waals surface area contributed by atoms with Crippen LogP contribution in [0.2, 0.25) is 0 Å².